The Kier molecular flexibility index (Phi) is 4.28. The third-order valence-corrected chi connectivity index (χ3v) is 3.27. The van der Waals surface area contributed by atoms with Crippen LogP contribution in [0.1, 0.15) is 23.8 Å². The lowest BCUT2D eigenvalue weighted by Crippen LogP contribution is -2.45. The van der Waals surface area contributed by atoms with Gasteiger partial charge in [0.05, 0.1) is 12.6 Å². The van der Waals surface area contributed by atoms with Crippen molar-refractivity contribution < 1.29 is 9.26 Å². The van der Waals surface area contributed by atoms with E-state index in [2.05, 4.69) is 34.0 Å². The van der Waals surface area contributed by atoms with E-state index in [1.54, 1.807) is 7.11 Å². The van der Waals surface area contributed by atoms with Crippen molar-refractivity contribution in [2.45, 2.75) is 12.1 Å². The molecule has 1 aliphatic heterocycles. The molecule has 0 aromatic carbocycles. The number of nitrogens with two attached hydrogens (primary N) is 1. The summed E-state index contributed by atoms with van der Waals surface area (Å²) in [4.78, 5) is 8.88. The highest BCUT2D eigenvalue weighted by atomic mass is 16.5. The van der Waals surface area contributed by atoms with E-state index < -0.39 is 0 Å². The van der Waals surface area contributed by atoms with Crippen LogP contribution in [-0.4, -0.2) is 67.4 Å². The van der Waals surface area contributed by atoms with Gasteiger partial charge in [0.15, 0.2) is 5.82 Å². The maximum atomic E-state index is 5.87. The Morgan fingerprint density at radius 3 is 3.00 bits per heavy atom. The number of methoxy groups -OCH3 is 1. The van der Waals surface area contributed by atoms with Crippen molar-refractivity contribution in [2.75, 3.05) is 47.4 Å². The summed E-state index contributed by atoms with van der Waals surface area (Å²) < 4.78 is 10.2. The second-order valence-corrected chi connectivity index (χ2v) is 4.81. The molecule has 7 nitrogen and oxygen atoms in total. The van der Waals surface area contributed by atoms with Crippen molar-refractivity contribution in [3.05, 3.63) is 11.7 Å². The number of ether oxygens (including phenoxy) is 1. The normalized spacial score (nSPS) is 24.3. The minimum atomic E-state index is -0.358. The van der Waals surface area contributed by atoms with Gasteiger partial charge in [-0.2, -0.15) is 4.98 Å². The largest absolute Gasteiger partial charge is 0.383 e. The van der Waals surface area contributed by atoms with Crippen LogP contribution in [0.5, 0.6) is 0 Å². The second-order valence-electron chi connectivity index (χ2n) is 4.81. The predicted molar refractivity (Wildman–Crippen MR) is 66.0 cm³/mol. The maximum Gasteiger partial charge on any atom is 0.246 e. The molecule has 102 valence electrons. The summed E-state index contributed by atoms with van der Waals surface area (Å²) in [6.07, 6.45) is 0. The van der Waals surface area contributed by atoms with Crippen LogP contribution < -0.4 is 5.73 Å². The van der Waals surface area contributed by atoms with Gasteiger partial charge < -0.3 is 19.9 Å². The molecular weight excluding hydrogens is 234 g/mol. The van der Waals surface area contributed by atoms with Gasteiger partial charge >= 0.3 is 0 Å². The van der Waals surface area contributed by atoms with Gasteiger partial charge in [0, 0.05) is 26.7 Å². The first-order chi connectivity index (χ1) is 8.61. The summed E-state index contributed by atoms with van der Waals surface area (Å²) in [6, 6.07) is -0.195. The van der Waals surface area contributed by atoms with Gasteiger partial charge in [0.25, 0.3) is 0 Å². The number of nitrogens with zero attached hydrogens (tertiary/aromatic N) is 4. The predicted octanol–water partition coefficient (Wildman–Crippen LogP) is -0.366. The molecule has 0 saturated carbocycles. The molecule has 2 unspecified atom stereocenters. The van der Waals surface area contributed by atoms with Crippen LogP contribution in [0.4, 0.5) is 0 Å². The molecule has 2 heterocycles. The highest BCUT2D eigenvalue weighted by molar-refractivity contribution is 5.00. The van der Waals surface area contributed by atoms with E-state index in [9.17, 15) is 0 Å². The molecule has 7 heteroatoms. The first-order valence-electron chi connectivity index (χ1n) is 6.08. The molecular formula is C11H21N5O2. The Hall–Kier alpha value is -1.02. The second kappa shape index (κ2) is 5.75. The van der Waals surface area contributed by atoms with Gasteiger partial charge in [0.2, 0.25) is 5.89 Å². The van der Waals surface area contributed by atoms with E-state index in [1.165, 1.54) is 0 Å². The smallest absolute Gasteiger partial charge is 0.246 e. The van der Waals surface area contributed by atoms with Crippen molar-refractivity contribution in [2.24, 2.45) is 5.73 Å². The highest BCUT2D eigenvalue weighted by Gasteiger charge is 2.28. The molecule has 0 bridgehead atoms. The van der Waals surface area contributed by atoms with Crippen LogP contribution in [0.2, 0.25) is 0 Å². The van der Waals surface area contributed by atoms with Gasteiger partial charge in [-0.15, -0.1) is 0 Å². The molecule has 0 radical (unpaired) electrons. The lowest BCUT2D eigenvalue weighted by molar-refractivity contribution is 0.108. The van der Waals surface area contributed by atoms with Crippen LogP contribution in [0.15, 0.2) is 4.52 Å². The molecule has 1 saturated heterocycles. The van der Waals surface area contributed by atoms with Crippen molar-refractivity contribution in [3.63, 3.8) is 0 Å². The molecule has 0 spiro atoms. The fraction of sp³-hybridized carbons (Fsp3) is 0.818. The van der Waals surface area contributed by atoms with Gasteiger partial charge in [-0.25, -0.2) is 0 Å². The average molecular weight is 255 g/mol. The van der Waals surface area contributed by atoms with E-state index in [4.69, 9.17) is 15.0 Å². The zero-order valence-electron chi connectivity index (χ0n) is 11.2. The summed E-state index contributed by atoms with van der Waals surface area (Å²) in [5.74, 6) is 1.14. The third kappa shape index (κ3) is 2.86. The van der Waals surface area contributed by atoms with E-state index in [-0.39, 0.29) is 12.1 Å². The van der Waals surface area contributed by atoms with Crippen LogP contribution in [0, 0.1) is 0 Å². The van der Waals surface area contributed by atoms with Crippen molar-refractivity contribution in [1.82, 2.24) is 19.9 Å². The number of piperazine rings is 1. The molecule has 2 atom stereocenters. The van der Waals surface area contributed by atoms with Crippen molar-refractivity contribution >= 4 is 0 Å². The molecule has 0 aliphatic carbocycles. The number of hydrogen-bond donors (Lipinski definition) is 1. The van der Waals surface area contributed by atoms with Gasteiger partial charge in [-0.3, -0.25) is 4.90 Å². The van der Waals surface area contributed by atoms with Gasteiger partial charge in [0.1, 0.15) is 6.04 Å². The van der Waals surface area contributed by atoms with E-state index in [0.29, 0.717) is 18.3 Å². The fourth-order valence-electron chi connectivity index (χ4n) is 2.07. The first kappa shape index (κ1) is 13.4. The maximum absolute atomic E-state index is 5.87. The van der Waals surface area contributed by atoms with Gasteiger partial charge in [-0.05, 0) is 14.1 Å². The minimum Gasteiger partial charge on any atom is -0.383 e. The molecule has 2 N–H and O–H groups in total. The first-order valence-corrected chi connectivity index (χ1v) is 6.08. The van der Waals surface area contributed by atoms with Crippen LogP contribution in [0.25, 0.3) is 0 Å². The standard InChI is InChI=1S/C11H21N5O2/c1-15-4-5-16(2)9(6-15)10-13-11(18-14-10)8(12)7-17-3/h8-9H,4-7,12H2,1-3H3. The minimum absolute atomic E-state index is 0.163. The zero-order chi connectivity index (χ0) is 13.1. The molecule has 18 heavy (non-hydrogen) atoms. The highest BCUT2D eigenvalue weighted by Crippen LogP contribution is 2.21. The summed E-state index contributed by atoms with van der Waals surface area (Å²) in [5.41, 5.74) is 5.87. The zero-order valence-corrected chi connectivity index (χ0v) is 11.2. The third-order valence-electron chi connectivity index (χ3n) is 3.27. The Morgan fingerprint density at radius 1 is 1.50 bits per heavy atom. The quantitative estimate of drug-likeness (QED) is 0.786. The molecule has 2 rings (SSSR count). The van der Waals surface area contributed by atoms with Crippen molar-refractivity contribution in [3.8, 4) is 0 Å². The van der Waals surface area contributed by atoms with E-state index in [0.717, 1.165) is 19.6 Å². The SMILES string of the molecule is COCC(N)c1nc(C2CN(C)CCN2C)no1. The Labute approximate surface area is 107 Å². The number of likely N-dealkylation sites (N-methyl/N-ethyl adjacent to an activating group) is 2. The molecule has 1 fully saturated rings. The summed E-state index contributed by atoms with van der Waals surface area (Å²) in [5, 5.41) is 4.04. The molecule has 1 aromatic heterocycles. The van der Waals surface area contributed by atoms with Crippen LogP contribution in [0.3, 0.4) is 0 Å². The van der Waals surface area contributed by atoms with Gasteiger partial charge in [-0.1, -0.05) is 5.16 Å². The Balaban J connectivity index is 2.08. The Morgan fingerprint density at radius 2 is 2.28 bits per heavy atom. The number of aromatic nitrogens is 2. The van der Waals surface area contributed by atoms with Crippen molar-refractivity contribution in [1.29, 1.82) is 0 Å². The number of hydrogen-bond acceptors (Lipinski definition) is 7. The summed E-state index contributed by atoms with van der Waals surface area (Å²) in [7, 11) is 5.77. The van der Waals surface area contributed by atoms with Crippen LogP contribution >= 0.6 is 0 Å². The molecule has 0 amide bonds. The average Bonchev–Trinajstić information content (AvgIpc) is 2.82. The lowest BCUT2D eigenvalue weighted by atomic mass is 10.2. The van der Waals surface area contributed by atoms with E-state index in [1.807, 2.05) is 0 Å². The number of rotatable bonds is 4. The Bertz CT molecular complexity index is 383. The summed E-state index contributed by atoms with van der Waals surface area (Å²) >= 11 is 0. The van der Waals surface area contributed by atoms with Crippen LogP contribution in [-0.2, 0) is 4.74 Å². The molecule has 1 aromatic rings. The summed E-state index contributed by atoms with van der Waals surface area (Å²) in [6.45, 7) is 3.33. The monoisotopic (exact) mass is 255 g/mol. The van der Waals surface area contributed by atoms with E-state index >= 15 is 0 Å². The fourth-order valence-corrected chi connectivity index (χ4v) is 2.07. The molecule has 1 aliphatic rings. The topological polar surface area (TPSA) is 80.7 Å². The lowest BCUT2D eigenvalue weighted by Gasteiger charge is -2.35.